The van der Waals surface area contributed by atoms with E-state index >= 15 is 0 Å². The van der Waals surface area contributed by atoms with Crippen molar-refractivity contribution in [3.05, 3.63) is 0 Å². The Hall–Kier alpha value is -0.660. The molecule has 1 fully saturated rings. The molecule has 0 aliphatic carbocycles. The van der Waals surface area contributed by atoms with Crippen molar-refractivity contribution < 1.29 is 18.3 Å². The highest BCUT2D eigenvalue weighted by Crippen LogP contribution is 2.21. The summed E-state index contributed by atoms with van der Waals surface area (Å²) in [6, 6.07) is 0. The number of carboxylic acid groups (broad SMARTS) is 1. The Kier molecular flexibility index (Phi) is 4.28. The molecule has 7 heteroatoms. The predicted molar refractivity (Wildman–Crippen MR) is 59.2 cm³/mol. The molecule has 0 radical (unpaired) electrons. The molecule has 94 valence electrons. The monoisotopic (exact) mass is 250 g/mol. The standard InChI is InChI=1S/C9H18N2O4S/c1-3-5-10(2)16(14,15)11-6-4-8(7-11)9(12)13/h8H,3-7H2,1-2H3,(H,12,13). The van der Waals surface area contributed by atoms with Crippen molar-refractivity contribution in [3.63, 3.8) is 0 Å². The van der Waals surface area contributed by atoms with Gasteiger partial charge in [0.25, 0.3) is 10.2 Å². The number of hydrogen-bond acceptors (Lipinski definition) is 3. The molecule has 1 atom stereocenters. The summed E-state index contributed by atoms with van der Waals surface area (Å²) < 4.78 is 26.4. The van der Waals surface area contributed by atoms with Crippen molar-refractivity contribution in [2.45, 2.75) is 19.8 Å². The largest absolute Gasteiger partial charge is 0.481 e. The first-order valence-corrected chi connectivity index (χ1v) is 6.73. The predicted octanol–water partition coefficient (Wildman–Crippen LogP) is -0.0205. The molecular formula is C9H18N2O4S. The molecule has 1 aliphatic rings. The Bertz CT molecular complexity index is 355. The molecule has 0 aromatic rings. The molecule has 0 bridgehead atoms. The van der Waals surface area contributed by atoms with Gasteiger partial charge in [-0.25, -0.2) is 0 Å². The molecule has 0 aromatic carbocycles. The van der Waals surface area contributed by atoms with Crippen molar-refractivity contribution in [1.29, 1.82) is 0 Å². The lowest BCUT2D eigenvalue weighted by atomic mass is 10.1. The minimum Gasteiger partial charge on any atom is -0.481 e. The van der Waals surface area contributed by atoms with E-state index < -0.39 is 22.1 Å². The van der Waals surface area contributed by atoms with E-state index in [1.54, 1.807) is 0 Å². The Morgan fingerprint density at radius 2 is 2.19 bits per heavy atom. The summed E-state index contributed by atoms with van der Waals surface area (Å²) in [5.41, 5.74) is 0. The van der Waals surface area contributed by atoms with Gasteiger partial charge in [0.2, 0.25) is 0 Å². The molecule has 6 nitrogen and oxygen atoms in total. The van der Waals surface area contributed by atoms with Gasteiger partial charge >= 0.3 is 5.97 Å². The van der Waals surface area contributed by atoms with Crippen LogP contribution in [-0.2, 0) is 15.0 Å². The second kappa shape index (κ2) is 5.11. The Balaban J connectivity index is 2.69. The summed E-state index contributed by atoms with van der Waals surface area (Å²) in [6.07, 6.45) is 1.14. The van der Waals surface area contributed by atoms with Gasteiger partial charge in [0.05, 0.1) is 5.92 Å². The van der Waals surface area contributed by atoms with Gasteiger partial charge in [0, 0.05) is 26.7 Å². The zero-order valence-electron chi connectivity index (χ0n) is 9.59. The molecule has 1 N–H and O–H groups in total. The van der Waals surface area contributed by atoms with Gasteiger partial charge in [-0.15, -0.1) is 0 Å². The van der Waals surface area contributed by atoms with Crippen LogP contribution in [0.15, 0.2) is 0 Å². The van der Waals surface area contributed by atoms with Crippen LogP contribution in [0.25, 0.3) is 0 Å². The normalized spacial score (nSPS) is 22.8. The Labute approximate surface area is 96.0 Å². The fourth-order valence-corrected chi connectivity index (χ4v) is 3.28. The van der Waals surface area contributed by atoms with Crippen LogP contribution in [0, 0.1) is 5.92 Å². The summed E-state index contributed by atoms with van der Waals surface area (Å²) in [5.74, 6) is -1.49. The first-order chi connectivity index (χ1) is 7.39. The molecule has 1 unspecified atom stereocenters. The minimum absolute atomic E-state index is 0.0890. The van der Waals surface area contributed by atoms with E-state index in [9.17, 15) is 13.2 Å². The van der Waals surface area contributed by atoms with Crippen molar-refractivity contribution in [3.8, 4) is 0 Å². The van der Waals surface area contributed by atoms with Crippen molar-refractivity contribution in [2.75, 3.05) is 26.7 Å². The van der Waals surface area contributed by atoms with E-state index in [4.69, 9.17) is 5.11 Å². The van der Waals surface area contributed by atoms with Crippen LogP contribution in [0.5, 0.6) is 0 Å². The number of aliphatic carboxylic acids is 1. The number of rotatable bonds is 5. The van der Waals surface area contributed by atoms with Gasteiger partial charge in [-0.2, -0.15) is 17.0 Å². The molecule has 1 saturated heterocycles. The highest BCUT2D eigenvalue weighted by Gasteiger charge is 2.36. The van der Waals surface area contributed by atoms with Crippen LogP contribution in [0.3, 0.4) is 0 Å². The maximum absolute atomic E-state index is 11.9. The topological polar surface area (TPSA) is 77.9 Å². The lowest BCUT2D eigenvalue weighted by Gasteiger charge is -2.23. The Morgan fingerprint density at radius 1 is 1.56 bits per heavy atom. The van der Waals surface area contributed by atoms with Crippen LogP contribution < -0.4 is 0 Å². The molecular weight excluding hydrogens is 232 g/mol. The zero-order valence-corrected chi connectivity index (χ0v) is 10.4. The first-order valence-electron chi connectivity index (χ1n) is 5.33. The Morgan fingerprint density at radius 3 is 2.62 bits per heavy atom. The van der Waals surface area contributed by atoms with Gasteiger partial charge in [-0.1, -0.05) is 6.92 Å². The first kappa shape index (κ1) is 13.4. The lowest BCUT2D eigenvalue weighted by molar-refractivity contribution is -0.141. The third-order valence-electron chi connectivity index (χ3n) is 2.76. The average molecular weight is 250 g/mol. The van der Waals surface area contributed by atoms with Crippen molar-refractivity contribution in [1.82, 2.24) is 8.61 Å². The number of nitrogens with zero attached hydrogens (tertiary/aromatic N) is 2. The average Bonchev–Trinajstić information content (AvgIpc) is 2.67. The minimum atomic E-state index is -3.46. The van der Waals surface area contributed by atoms with Crippen molar-refractivity contribution in [2.24, 2.45) is 5.92 Å². The van der Waals surface area contributed by atoms with Gasteiger partial charge < -0.3 is 5.11 Å². The van der Waals surface area contributed by atoms with Crippen LogP contribution in [0.2, 0.25) is 0 Å². The fraction of sp³-hybridized carbons (Fsp3) is 0.889. The molecule has 1 rings (SSSR count). The fourth-order valence-electron chi connectivity index (χ4n) is 1.77. The third-order valence-corrected chi connectivity index (χ3v) is 4.71. The molecule has 16 heavy (non-hydrogen) atoms. The maximum Gasteiger partial charge on any atom is 0.307 e. The number of hydrogen-bond donors (Lipinski definition) is 1. The summed E-state index contributed by atoms with van der Waals surface area (Å²) in [4.78, 5) is 10.7. The molecule has 0 spiro atoms. The van der Waals surface area contributed by atoms with E-state index in [0.717, 1.165) is 6.42 Å². The number of carboxylic acids is 1. The van der Waals surface area contributed by atoms with Crippen LogP contribution >= 0.6 is 0 Å². The maximum atomic E-state index is 11.9. The van der Waals surface area contributed by atoms with E-state index in [0.29, 0.717) is 19.5 Å². The quantitative estimate of drug-likeness (QED) is 0.744. The van der Waals surface area contributed by atoms with E-state index in [1.165, 1.54) is 15.7 Å². The second-order valence-corrected chi connectivity index (χ2v) is 6.05. The molecule has 0 saturated carbocycles. The molecule has 0 amide bonds. The van der Waals surface area contributed by atoms with Gasteiger partial charge in [-0.05, 0) is 12.8 Å². The summed E-state index contributed by atoms with van der Waals surface area (Å²) in [7, 11) is -1.94. The third kappa shape index (κ3) is 2.72. The SMILES string of the molecule is CCCN(C)S(=O)(=O)N1CCC(C(=O)O)C1. The van der Waals surface area contributed by atoms with Crippen LogP contribution in [0.1, 0.15) is 19.8 Å². The molecule has 0 aromatic heterocycles. The summed E-state index contributed by atoms with van der Waals surface area (Å²) in [6.45, 7) is 2.74. The van der Waals surface area contributed by atoms with Crippen LogP contribution in [0.4, 0.5) is 0 Å². The summed E-state index contributed by atoms with van der Waals surface area (Å²) >= 11 is 0. The van der Waals surface area contributed by atoms with Gasteiger partial charge in [-0.3, -0.25) is 4.79 Å². The molecule has 1 heterocycles. The number of carbonyl (C=O) groups is 1. The van der Waals surface area contributed by atoms with E-state index in [2.05, 4.69) is 0 Å². The lowest BCUT2D eigenvalue weighted by Crippen LogP contribution is -2.41. The van der Waals surface area contributed by atoms with Gasteiger partial charge in [0.1, 0.15) is 0 Å². The van der Waals surface area contributed by atoms with E-state index in [1.807, 2.05) is 6.92 Å². The van der Waals surface area contributed by atoms with Crippen LogP contribution in [-0.4, -0.2) is 54.8 Å². The van der Waals surface area contributed by atoms with Gasteiger partial charge in [0.15, 0.2) is 0 Å². The smallest absolute Gasteiger partial charge is 0.307 e. The molecule has 1 aliphatic heterocycles. The highest BCUT2D eigenvalue weighted by atomic mass is 32.2. The van der Waals surface area contributed by atoms with Crippen molar-refractivity contribution >= 4 is 16.2 Å². The van der Waals surface area contributed by atoms with E-state index in [-0.39, 0.29) is 6.54 Å². The highest BCUT2D eigenvalue weighted by molar-refractivity contribution is 7.86. The zero-order chi connectivity index (χ0) is 12.3. The second-order valence-electron chi connectivity index (χ2n) is 4.01. The summed E-state index contributed by atoms with van der Waals surface area (Å²) in [5, 5.41) is 8.80.